The molecule has 27 heavy (non-hydrogen) atoms. The van der Waals surface area contributed by atoms with Crippen molar-refractivity contribution in [2.24, 2.45) is 0 Å². The Morgan fingerprint density at radius 2 is 1.85 bits per heavy atom. The molecule has 5 heteroatoms. The molecule has 0 radical (unpaired) electrons. The summed E-state index contributed by atoms with van der Waals surface area (Å²) < 4.78 is 0. The Kier molecular flexibility index (Phi) is 5.80. The minimum atomic E-state index is -0.123. The second-order valence-electron chi connectivity index (χ2n) is 6.59. The fraction of sp³-hybridized carbons (Fsp3) is 0.227. The molecule has 0 aliphatic rings. The number of aromatic nitrogens is 1. The monoisotopic (exact) mass is 358 g/mol. The number of aryl methyl sites for hydroxylation is 1. The molecule has 5 nitrogen and oxygen atoms in total. The van der Waals surface area contributed by atoms with Crippen LogP contribution in [0.4, 0.5) is 5.82 Å². The topological polar surface area (TPSA) is 77.8 Å². The standard InChI is InChI=1S/C22H22N4O/c1-15-11-22(25-16(2)27)26-21-12-19(7-8-20(15)21)14-24-10-9-17-3-5-18(13-23)6-4-17/h3-8,11-12,24H,9-10,14H2,1-2H3,(H,25,26,27). The van der Waals surface area contributed by atoms with Gasteiger partial charge in [0.15, 0.2) is 0 Å². The van der Waals surface area contributed by atoms with Crippen molar-refractivity contribution >= 4 is 22.6 Å². The molecule has 3 aromatic rings. The second kappa shape index (κ2) is 8.43. The maximum absolute atomic E-state index is 11.3. The molecule has 0 spiro atoms. The SMILES string of the molecule is CC(=O)Nc1cc(C)c2ccc(CNCCc3ccc(C#N)cc3)cc2n1. The van der Waals surface area contributed by atoms with Crippen molar-refractivity contribution in [2.45, 2.75) is 26.8 Å². The third-order valence-corrected chi connectivity index (χ3v) is 4.39. The van der Waals surface area contributed by atoms with Crippen LogP contribution in [-0.4, -0.2) is 17.4 Å². The minimum absolute atomic E-state index is 0.123. The highest BCUT2D eigenvalue weighted by atomic mass is 16.1. The molecule has 1 heterocycles. The summed E-state index contributed by atoms with van der Waals surface area (Å²) in [5, 5.41) is 16.1. The third kappa shape index (κ3) is 4.90. The Morgan fingerprint density at radius 3 is 2.56 bits per heavy atom. The molecule has 1 aromatic heterocycles. The lowest BCUT2D eigenvalue weighted by Crippen LogP contribution is -2.16. The Bertz CT molecular complexity index is 1000. The van der Waals surface area contributed by atoms with E-state index in [9.17, 15) is 4.79 Å². The number of hydrogen-bond acceptors (Lipinski definition) is 4. The minimum Gasteiger partial charge on any atom is -0.312 e. The Balaban J connectivity index is 1.62. The fourth-order valence-corrected chi connectivity index (χ4v) is 3.01. The van der Waals surface area contributed by atoms with Gasteiger partial charge in [0.1, 0.15) is 5.82 Å². The van der Waals surface area contributed by atoms with Gasteiger partial charge in [0.05, 0.1) is 17.1 Å². The van der Waals surface area contributed by atoms with E-state index in [0.717, 1.165) is 41.5 Å². The van der Waals surface area contributed by atoms with E-state index in [1.54, 1.807) is 0 Å². The first-order chi connectivity index (χ1) is 13.0. The zero-order valence-electron chi connectivity index (χ0n) is 15.5. The maximum atomic E-state index is 11.3. The van der Waals surface area contributed by atoms with Crippen LogP contribution in [0, 0.1) is 18.3 Å². The molecule has 0 atom stereocenters. The van der Waals surface area contributed by atoms with Gasteiger partial charge in [-0.05, 0) is 60.8 Å². The van der Waals surface area contributed by atoms with Crippen LogP contribution in [0.1, 0.15) is 29.2 Å². The van der Waals surface area contributed by atoms with Crippen LogP contribution < -0.4 is 10.6 Å². The van der Waals surface area contributed by atoms with Gasteiger partial charge in [-0.1, -0.05) is 24.3 Å². The lowest BCUT2D eigenvalue weighted by molar-refractivity contribution is -0.114. The molecule has 0 saturated heterocycles. The second-order valence-corrected chi connectivity index (χ2v) is 6.59. The van der Waals surface area contributed by atoms with Crippen molar-refractivity contribution in [2.75, 3.05) is 11.9 Å². The van der Waals surface area contributed by atoms with Crippen LogP contribution in [0.2, 0.25) is 0 Å². The van der Waals surface area contributed by atoms with E-state index in [2.05, 4.69) is 39.9 Å². The molecular formula is C22H22N4O. The molecule has 0 saturated carbocycles. The van der Waals surface area contributed by atoms with Crippen molar-refractivity contribution < 1.29 is 4.79 Å². The fourth-order valence-electron chi connectivity index (χ4n) is 3.01. The van der Waals surface area contributed by atoms with Crippen molar-refractivity contribution in [1.29, 1.82) is 5.26 Å². The number of hydrogen-bond donors (Lipinski definition) is 2. The van der Waals surface area contributed by atoms with Crippen LogP contribution in [-0.2, 0) is 17.8 Å². The van der Waals surface area contributed by atoms with Gasteiger partial charge in [0, 0.05) is 18.9 Å². The summed E-state index contributed by atoms with van der Waals surface area (Å²) in [5.74, 6) is 0.459. The predicted octanol–water partition coefficient (Wildman–Crippen LogP) is 3.71. The molecule has 0 aliphatic carbocycles. The molecule has 0 unspecified atom stereocenters. The first kappa shape index (κ1) is 18.6. The molecule has 0 aliphatic heterocycles. The lowest BCUT2D eigenvalue weighted by atomic mass is 10.1. The van der Waals surface area contributed by atoms with E-state index in [1.165, 1.54) is 12.5 Å². The van der Waals surface area contributed by atoms with Crippen LogP contribution in [0.3, 0.4) is 0 Å². The lowest BCUT2D eigenvalue weighted by Gasteiger charge is -2.09. The van der Waals surface area contributed by atoms with Crippen LogP contribution in [0.25, 0.3) is 10.9 Å². The molecule has 2 aromatic carbocycles. The normalized spacial score (nSPS) is 10.6. The highest BCUT2D eigenvalue weighted by Gasteiger charge is 2.05. The Hall–Kier alpha value is -3.23. The molecule has 2 N–H and O–H groups in total. The number of carbonyl (C=O) groups is 1. The number of nitrogens with zero attached hydrogens (tertiary/aromatic N) is 2. The van der Waals surface area contributed by atoms with E-state index < -0.39 is 0 Å². The molecular weight excluding hydrogens is 336 g/mol. The number of anilines is 1. The number of rotatable bonds is 6. The summed E-state index contributed by atoms with van der Waals surface area (Å²) in [7, 11) is 0. The number of amides is 1. The summed E-state index contributed by atoms with van der Waals surface area (Å²) >= 11 is 0. The van der Waals surface area contributed by atoms with Gasteiger partial charge >= 0.3 is 0 Å². The van der Waals surface area contributed by atoms with E-state index in [-0.39, 0.29) is 5.91 Å². The zero-order valence-corrected chi connectivity index (χ0v) is 15.5. The summed E-state index contributed by atoms with van der Waals surface area (Å²) in [5.41, 5.74) is 5.00. The average Bonchev–Trinajstić information content (AvgIpc) is 2.65. The summed E-state index contributed by atoms with van der Waals surface area (Å²) in [4.78, 5) is 15.8. The summed E-state index contributed by atoms with van der Waals surface area (Å²) in [6.45, 7) is 5.10. The largest absolute Gasteiger partial charge is 0.312 e. The number of nitrogens with one attached hydrogen (secondary N) is 2. The van der Waals surface area contributed by atoms with E-state index in [4.69, 9.17) is 5.26 Å². The highest BCUT2D eigenvalue weighted by Crippen LogP contribution is 2.21. The van der Waals surface area contributed by atoms with Crippen molar-refractivity contribution in [3.63, 3.8) is 0 Å². The maximum Gasteiger partial charge on any atom is 0.222 e. The van der Waals surface area contributed by atoms with Gasteiger partial charge in [0.2, 0.25) is 5.91 Å². The zero-order chi connectivity index (χ0) is 19.2. The van der Waals surface area contributed by atoms with Gasteiger partial charge in [-0.25, -0.2) is 4.98 Å². The van der Waals surface area contributed by atoms with Crippen molar-refractivity contribution in [1.82, 2.24) is 10.3 Å². The van der Waals surface area contributed by atoms with Gasteiger partial charge in [-0.3, -0.25) is 4.79 Å². The predicted molar refractivity (Wildman–Crippen MR) is 107 cm³/mol. The van der Waals surface area contributed by atoms with E-state index in [0.29, 0.717) is 11.4 Å². The van der Waals surface area contributed by atoms with Crippen LogP contribution in [0.5, 0.6) is 0 Å². The number of fused-ring (bicyclic) bond motifs is 1. The van der Waals surface area contributed by atoms with Gasteiger partial charge in [0.25, 0.3) is 0 Å². The van der Waals surface area contributed by atoms with Gasteiger partial charge in [-0.2, -0.15) is 5.26 Å². The van der Waals surface area contributed by atoms with Crippen molar-refractivity contribution in [3.05, 3.63) is 70.8 Å². The summed E-state index contributed by atoms with van der Waals surface area (Å²) in [6.07, 6.45) is 0.906. The molecule has 136 valence electrons. The number of benzene rings is 2. The molecule has 0 bridgehead atoms. The van der Waals surface area contributed by atoms with Crippen LogP contribution in [0.15, 0.2) is 48.5 Å². The highest BCUT2D eigenvalue weighted by molar-refractivity contribution is 5.91. The number of pyridine rings is 1. The van der Waals surface area contributed by atoms with Crippen LogP contribution >= 0.6 is 0 Å². The van der Waals surface area contributed by atoms with E-state index >= 15 is 0 Å². The number of nitriles is 1. The summed E-state index contributed by atoms with van der Waals surface area (Å²) in [6, 6.07) is 17.9. The first-order valence-electron chi connectivity index (χ1n) is 8.93. The Labute approximate surface area is 159 Å². The quantitative estimate of drug-likeness (QED) is 0.659. The number of carbonyl (C=O) groups excluding carboxylic acids is 1. The molecule has 0 fully saturated rings. The molecule has 1 amide bonds. The van der Waals surface area contributed by atoms with Gasteiger partial charge in [-0.15, -0.1) is 0 Å². The molecule has 3 rings (SSSR count). The Morgan fingerprint density at radius 1 is 1.11 bits per heavy atom. The van der Waals surface area contributed by atoms with Crippen molar-refractivity contribution in [3.8, 4) is 6.07 Å². The van der Waals surface area contributed by atoms with Gasteiger partial charge < -0.3 is 10.6 Å². The van der Waals surface area contributed by atoms with E-state index in [1.807, 2.05) is 37.3 Å². The smallest absolute Gasteiger partial charge is 0.222 e. The first-order valence-corrected chi connectivity index (χ1v) is 8.93. The average molecular weight is 358 g/mol. The third-order valence-electron chi connectivity index (χ3n) is 4.39.